The Bertz CT molecular complexity index is 223. The fourth-order valence-corrected chi connectivity index (χ4v) is 2.96. The first kappa shape index (κ1) is 12.5. The SMILES string of the molecule is CC(C)C1CCC(C(C)C)C(C(N)=O)C1. The molecule has 1 amide bonds. The van der Waals surface area contributed by atoms with Gasteiger partial charge in [-0.2, -0.15) is 0 Å². The Kier molecular flexibility index (Phi) is 4.18. The van der Waals surface area contributed by atoms with Crippen molar-refractivity contribution < 1.29 is 4.79 Å². The molecular weight excluding hydrogens is 186 g/mol. The van der Waals surface area contributed by atoms with Gasteiger partial charge in [-0.3, -0.25) is 4.79 Å². The van der Waals surface area contributed by atoms with Crippen molar-refractivity contribution in [2.24, 2.45) is 35.3 Å². The van der Waals surface area contributed by atoms with Crippen molar-refractivity contribution in [3.63, 3.8) is 0 Å². The molecule has 2 nitrogen and oxygen atoms in total. The summed E-state index contributed by atoms with van der Waals surface area (Å²) in [6.07, 6.45) is 3.45. The van der Waals surface area contributed by atoms with Crippen LogP contribution in [0.3, 0.4) is 0 Å². The van der Waals surface area contributed by atoms with Crippen LogP contribution in [0.4, 0.5) is 0 Å². The van der Waals surface area contributed by atoms with E-state index in [-0.39, 0.29) is 11.8 Å². The summed E-state index contributed by atoms with van der Waals surface area (Å²) in [6, 6.07) is 0. The smallest absolute Gasteiger partial charge is 0.220 e. The van der Waals surface area contributed by atoms with Crippen LogP contribution < -0.4 is 5.73 Å². The van der Waals surface area contributed by atoms with Gasteiger partial charge in [0.05, 0.1) is 0 Å². The van der Waals surface area contributed by atoms with Crippen molar-refractivity contribution in [3.05, 3.63) is 0 Å². The lowest BCUT2D eigenvalue weighted by Crippen LogP contribution is -2.38. The molecule has 1 fully saturated rings. The quantitative estimate of drug-likeness (QED) is 0.766. The van der Waals surface area contributed by atoms with Gasteiger partial charge in [-0.05, 0) is 42.9 Å². The van der Waals surface area contributed by atoms with Gasteiger partial charge >= 0.3 is 0 Å². The van der Waals surface area contributed by atoms with Gasteiger partial charge in [-0.1, -0.05) is 27.7 Å². The van der Waals surface area contributed by atoms with Crippen LogP contribution in [0.5, 0.6) is 0 Å². The van der Waals surface area contributed by atoms with Gasteiger partial charge < -0.3 is 5.73 Å². The summed E-state index contributed by atoms with van der Waals surface area (Å²) in [6.45, 7) is 8.91. The molecule has 0 saturated heterocycles. The topological polar surface area (TPSA) is 43.1 Å². The molecule has 1 saturated carbocycles. The molecule has 0 aromatic rings. The van der Waals surface area contributed by atoms with E-state index in [2.05, 4.69) is 27.7 Å². The maximum Gasteiger partial charge on any atom is 0.220 e. The molecule has 0 aliphatic heterocycles. The summed E-state index contributed by atoms with van der Waals surface area (Å²) in [5, 5.41) is 0. The summed E-state index contributed by atoms with van der Waals surface area (Å²) in [5.74, 6) is 2.50. The van der Waals surface area contributed by atoms with Crippen LogP contribution in [0.25, 0.3) is 0 Å². The minimum atomic E-state index is -0.0842. The highest BCUT2D eigenvalue weighted by Crippen LogP contribution is 2.40. The molecular formula is C13H25NO. The largest absolute Gasteiger partial charge is 0.369 e. The maximum atomic E-state index is 11.5. The molecule has 0 radical (unpaired) electrons. The number of carbonyl (C=O) groups is 1. The van der Waals surface area contributed by atoms with E-state index in [0.29, 0.717) is 23.7 Å². The number of hydrogen-bond acceptors (Lipinski definition) is 1. The van der Waals surface area contributed by atoms with Crippen LogP contribution in [0, 0.1) is 29.6 Å². The van der Waals surface area contributed by atoms with E-state index in [0.717, 1.165) is 6.42 Å². The van der Waals surface area contributed by atoms with Crippen molar-refractivity contribution in [2.45, 2.75) is 47.0 Å². The number of nitrogens with two attached hydrogens (primary N) is 1. The van der Waals surface area contributed by atoms with E-state index in [1.807, 2.05) is 0 Å². The number of primary amides is 1. The average Bonchev–Trinajstić information content (AvgIpc) is 2.16. The Hall–Kier alpha value is -0.530. The Morgan fingerprint density at radius 1 is 1.13 bits per heavy atom. The normalized spacial score (nSPS) is 32.3. The Labute approximate surface area is 93.6 Å². The van der Waals surface area contributed by atoms with Crippen molar-refractivity contribution >= 4 is 5.91 Å². The second-order valence-corrected chi connectivity index (χ2v) is 5.73. The molecule has 3 atom stereocenters. The van der Waals surface area contributed by atoms with Crippen LogP contribution >= 0.6 is 0 Å². The molecule has 2 heteroatoms. The monoisotopic (exact) mass is 211 g/mol. The average molecular weight is 211 g/mol. The third kappa shape index (κ3) is 2.96. The van der Waals surface area contributed by atoms with E-state index in [1.54, 1.807) is 0 Å². The van der Waals surface area contributed by atoms with Crippen molar-refractivity contribution in [2.75, 3.05) is 0 Å². The zero-order chi connectivity index (χ0) is 11.6. The molecule has 1 aliphatic carbocycles. The molecule has 2 N–H and O–H groups in total. The van der Waals surface area contributed by atoms with Crippen LogP contribution in [0.1, 0.15) is 47.0 Å². The first-order chi connectivity index (χ1) is 6.93. The van der Waals surface area contributed by atoms with Gasteiger partial charge in [-0.15, -0.1) is 0 Å². The van der Waals surface area contributed by atoms with Crippen LogP contribution in [0.15, 0.2) is 0 Å². The van der Waals surface area contributed by atoms with Gasteiger partial charge in [0, 0.05) is 5.92 Å². The Morgan fingerprint density at radius 3 is 2.13 bits per heavy atom. The first-order valence-electron chi connectivity index (χ1n) is 6.22. The third-order valence-electron chi connectivity index (χ3n) is 4.11. The van der Waals surface area contributed by atoms with E-state index in [4.69, 9.17) is 5.73 Å². The highest BCUT2D eigenvalue weighted by atomic mass is 16.1. The molecule has 1 aliphatic rings. The van der Waals surface area contributed by atoms with Gasteiger partial charge in [-0.25, -0.2) is 0 Å². The zero-order valence-corrected chi connectivity index (χ0v) is 10.5. The Morgan fingerprint density at radius 2 is 1.73 bits per heavy atom. The van der Waals surface area contributed by atoms with Crippen molar-refractivity contribution in [3.8, 4) is 0 Å². The number of amides is 1. The second kappa shape index (κ2) is 5.00. The predicted octanol–water partition coefficient (Wildman–Crippen LogP) is 2.82. The van der Waals surface area contributed by atoms with Crippen molar-refractivity contribution in [1.82, 2.24) is 0 Å². The van der Waals surface area contributed by atoms with E-state index < -0.39 is 0 Å². The molecule has 0 spiro atoms. The Balaban J connectivity index is 2.69. The van der Waals surface area contributed by atoms with Gasteiger partial charge in [0.1, 0.15) is 0 Å². The maximum absolute atomic E-state index is 11.5. The molecule has 0 aromatic heterocycles. The minimum Gasteiger partial charge on any atom is -0.369 e. The van der Waals surface area contributed by atoms with Crippen LogP contribution in [-0.4, -0.2) is 5.91 Å². The molecule has 0 aromatic carbocycles. The van der Waals surface area contributed by atoms with Crippen LogP contribution in [0.2, 0.25) is 0 Å². The second-order valence-electron chi connectivity index (χ2n) is 5.73. The molecule has 15 heavy (non-hydrogen) atoms. The van der Waals surface area contributed by atoms with Gasteiger partial charge in [0.2, 0.25) is 5.91 Å². The fraction of sp³-hybridized carbons (Fsp3) is 0.923. The van der Waals surface area contributed by atoms with Gasteiger partial charge in [0.25, 0.3) is 0 Å². The molecule has 0 heterocycles. The summed E-state index contributed by atoms with van der Waals surface area (Å²) in [4.78, 5) is 11.5. The number of hydrogen-bond donors (Lipinski definition) is 1. The van der Waals surface area contributed by atoms with E-state index in [1.165, 1.54) is 12.8 Å². The summed E-state index contributed by atoms with van der Waals surface area (Å²) in [7, 11) is 0. The molecule has 0 bridgehead atoms. The first-order valence-corrected chi connectivity index (χ1v) is 6.22. The predicted molar refractivity (Wildman–Crippen MR) is 63.2 cm³/mol. The highest BCUT2D eigenvalue weighted by Gasteiger charge is 2.36. The van der Waals surface area contributed by atoms with E-state index in [9.17, 15) is 4.79 Å². The van der Waals surface area contributed by atoms with Crippen molar-refractivity contribution in [1.29, 1.82) is 0 Å². The lowest BCUT2D eigenvalue weighted by Gasteiger charge is -2.38. The molecule has 1 rings (SSSR count). The molecule has 88 valence electrons. The number of carbonyl (C=O) groups excluding carboxylic acids is 1. The molecule has 3 unspecified atom stereocenters. The standard InChI is InChI=1S/C13H25NO/c1-8(2)10-5-6-11(9(3)4)12(7-10)13(14)15/h8-12H,5-7H2,1-4H3,(H2,14,15). The van der Waals surface area contributed by atoms with E-state index >= 15 is 0 Å². The minimum absolute atomic E-state index is 0.0842. The van der Waals surface area contributed by atoms with Gasteiger partial charge in [0.15, 0.2) is 0 Å². The lowest BCUT2D eigenvalue weighted by atomic mass is 9.67. The number of rotatable bonds is 3. The zero-order valence-electron chi connectivity index (χ0n) is 10.5. The fourth-order valence-electron chi connectivity index (χ4n) is 2.96. The summed E-state index contributed by atoms with van der Waals surface area (Å²) >= 11 is 0. The third-order valence-corrected chi connectivity index (χ3v) is 4.11. The summed E-state index contributed by atoms with van der Waals surface area (Å²) < 4.78 is 0. The lowest BCUT2D eigenvalue weighted by molar-refractivity contribution is -0.126. The highest BCUT2D eigenvalue weighted by molar-refractivity contribution is 5.77. The summed E-state index contributed by atoms with van der Waals surface area (Å²) in [5.41, 5.74) is 5.52. The van der Waals surface area contributed by atoms with Crippen LogP contribution in [-0.2, 0) is 4.79 Å².